The molecule has 2 aromatic carbocycles. The predicted octanol–water partition coefficient (Wildman–Crippen LogP) is 3.06. The van der Waals surface area contributed by atoms with Crippen LogP contribution in [-0.4, -0.2) is 49.3 Å². The molecule has 162 valence electrons. The van der Waals surface area contributed by atoms with Gasteiger partial charge >= 0.3 is 5.97 Å². The second-order valence-electron chi connectivity index (χ2n) is 6.63. The van der Waals surface area contributed by atoms with Crippen LogP contribution in [0.1, 0.15) is 24.3 Å². The van der Waals surface area contributed by atoms with Crippen molar-refractivity contribution in [3.8, 4) is 0 Å². The van der Waals surface area contributed by atoms with Crippen LogP contribution < -0.4 is 5.32 Å². The third-order valence-corrected chi connectivity index (χ3v) is 6.65. The van der Waals surface area contributed by atoms with Gasteiger partial charge in [-0.05, 0) is 30.3 Å². The number of fused-ring (bicyclic) bond motifs is 1. The second-order valence-corrected chi connectivity index (χ2v) is 8.57. The number of hydrogen-bond donors (Lipinski definition) is 1. The third kappa shape index (κ3) is 5.25. The van der Waals surface area contributed by atoms with Crippen molar-refractivity contribution in [2.24, 2.45) is 0 Å². The Morgan fingerprint density at radius 3 is 2.48 bits per heavy atom. The highest BCUT2D eigenvalue weighted by molar-refractivity contribution is 7.89. The Labute approximate surface area is 180 Å². The number of sulfonamides is 1. The molecule has 0 spiro atoms. The standard InChI is InChI=1S/C22H23N3O5S/c1-3-25(4-2)31(28,29)18-10-7-9-17(14-18)23-21(26)15-30-22(27)20-13-12-16-8-5-6-11-19(16)24-20/h5-14H,3-4,15H2,1-2H3,(H,23,26). The van der Waals surface area contributed by atoms with E-state index in [0.29, 0.717) is 18.6 Å². The summed E-state index contributed by atoms with van der Waals surface area (Å²) in [7, 11) is -3.65. The molecule has 8 nitrogen and oxygen atoms in total. The molecule has 1 amide bonds. The van der Waals surface area contributed by atoms with Crippen LogP contribution in [0, 0.1) is 0 Å². The Bertz CT molecular complexity index is 1210. The highest BCUT2D eigenvalue weighted by atomic mass is 32.2. The minimum atomic E-state index is -3.65. The van der Waals surface area contributed by atoms with Crippen molar-refractivity contribution in [2.75, 3.05) is 25.0 Å². The van der Waals surface area contributed by atoms with E-state index in [4.69, 9.17) is 4.74 Å². The maximum absolute atomic E-state index is 12.6. The first kappa shape index (κ1) is 22.4. The summed E-state index contributed by atoms with van der Waals surface area (Å²) in [5, 5.41) is 3.43. The summed E-state index contributed by atoms with van der Waals surface area (Å²) in [4.78, 5) is 28.7. The molecule has 9 heteroatoms. The van der Waals surface area contributed by atoms with Crippen LogP contribution in [0.4, 0.5) is 5.69 Å². The van der Waals surface area contributed by atoms with Crippen LogP contribution in [-0.2, 0) is 19.6 Å². The zero-order valence-electron chi connectivity index (χ0n) is 17.2. The van der Waals surface area contributed by atoms with E-state index < -0.39 is 28.5 Å². The maximum Gasteiger partial charge on any atom is 0.357 e. The molecule has 1 heterocycles. The first-order valence-corrected chi connectivity index (χ1v) is 11.2. The second kappa shape index (κ2) is 9.67. The Balaban J connectivity index is 1.63. The van der Waals surface area contributed by atoms with E-state index >= 15 is 0 Å². The van der Waals surface area contributed by atoms with Crippen molar-refractivity contribution in [1.82, 2.24) is 9.29 Å². The van der Waals surface area contributed by atoms with Crippen molar-refractivity contribution < 1.29 is 22.7 Å². The minimum absolute atomic E-state index is 0.0753. The molecule has 0 radical (unpaired) electrons. The summed E-state index contributed by atoms with van der Waals surface area (Å²) in [5.41, 5.74) is 1.03. The number of hydrogen-bond acceptors (Lipinski definition) is 6. The molecular weight excluding hydrogens is 418 g/mol. The van der Waals surface area contributed by atoms with Crippen molar-refractivity contribution in [3.63, 3.8) is 0 Å². The van der Waals surface area contributed by atoms with E-state index in [2.05, 4.69) is 10.3 Å². The van der Waals surface area contributed by atoms with Crippen LogP contribution in [0.5, 0.6) is 0 Å². The summed E-state index contributed by atoms with van der Waals surface area (Å²) in [6.45, 7) is 3.67. The first-order chi connectivity index (χ1) is 14.8. The highest BCUT2D eigenvalue weighted by Gasteiger charge is 2.22. The molecule has 3 aromatic rings. The van der Waals surface area contributed by atoms with Crippen molar-refractivity contribution in [2.45, 2.75) is 18.7 Å². The lowest BCUT2D eigenvalue weighted by molar-refractivity contribution is -0.119. The number of para-hydroxylation sites is 1. The number of carbonyl (C=O) groups is 2. The summed E-state index contributed by atoms with van der Waals surface area (Å²) in [6, 6.07) is 16.6. The number of ether oxygens (including phenoxy) is 1. The van der Waals surface area contributed by atoms with Gasteiger partial charge in [-0.1, -0.05) is 44.2 Å². The number of amides is 1. The van der Waals surface area contributed by atoms with Crippen molar-refractivity contribution in [3.05, 3.63) is 66.4 Å². The topological polar surface area (TPSA) is 106 Å². The van der Waals surface area contributed by atoms with Crippen LogP contribution in [0.3, 0.4) is 0 Å². The molecule has 0 aliphatic heterocycles. The molecule has 1 N–H and O–H groups in total. The molecule has 1 aromatic heterocycles. The zero-order chi connectivity index (χ0) is 22.4. The van der Waals surface area contributed by atoms with Crippen LogP contribution in [0.25, 0.3) is 10.9 Å². The molecule has 0 fully saturated rings. The lowest BCUT2D eigenvalue weighted by Crippen LogP contribution is -2.30. The third-order valence-electron chi connectivity index (χ3n) is 4.60. The number of benzene rings is 2. The molecule has 0 aliphatic rings. The monoisotopic (exact) mass is 441 g/mol. The van der Waals surface area contributed by atoms with Gasteiger partial charge in [0.05, 0.1) is 10.4 Å². The number of anilines is 1. The fourth-order valence-corrected chi connectivity index (χ4v) is 4.53. The van der Waals surface area contributed by atoms with Crippen molar-refractivity contribution in [1.29, 1.82) is 0 Å². The van der Waals surface area contributed by atoms with Gasteiger partial charge in [-0.25, -0.2) is 18.2 Å². The van der Waals surface area contributed by atoms with E-state index in [1.165, 1.54) is 28.6 Å². The van der Waals surface area contributed by atoms with Gasteiger partial charge in [0.25, 0.3) is 5.91 Å². The fourth-order valence-electron chi connectivity index (χ4n) is 3.03. The largest absolute Gasteiger partial charge is 0.451 e. The van der Waals surface area contributed by atoms with E-state index in [1.54, 1.807) is 32.0 Å². The number of carbonyl (C=O) groups excluding carboxylic acids is 2. The van der Waals surface area contributed by atoms with Crippen molar-refractivity contribution >= 4 is 38.5 Å². The van der Waals surface area contributed by atoms with Gasteiger partial charge in [0.1, 0.15) is 5.69 Å². The molecule has 0 saturated carbocycles. The molecule has 0 bridgehead atoms. The quantitative estimate of drug-likeness (QED) is 0.539. The average Bonchev–Trinajstić information content (AvgIpc) is 2.78. The summed E-state index contributed by atoms with van der Waals surface area (Å²) >= 11 is 0. The summed E-state index contributed by atoms with van der Waals surface area (Å²) in [6.07, 6.45) is 0. The highest BCUT2D eigenvalue weighted by Crippen LogP contribution is 2.19. The molecule has 0 saturated heterocycles. The Morgan fingerprint density at radius 2 is 1.74 bits per heavy atom. The lowest BCUT2D eigenvalue weighted by Gasteiger charge is -2.18. The zero-order valence-corrected chi connectivity index (χ0v) is 18.1. The van der Waals surface area contributed by atoms with Gasteiger partial charge in [0.15, 0.2) is 6.61 Å². The van der Waals surface area contributed by atoms with E-state index in [9.17, 15) is 18.0 Å². The smallest absolute Gasteiger partial charge is 0.357 e. The van der Waals surface area contributed by atoms with Gasteiger partial charge in [-0.3, -0.25) is 4.79 Å². The predicted molar refractivity (Wildman–Crippen MR) is 117 cm³/mol. The van der Waals surface area contributed by atoms with Crippen LogP contribution >= 0.6 is 0 Å². The number of pyridine rings is 1. The van der Waals surface area contributed by atoms with Gasteiger partial charge < -0.3 is 10.1 Å². The molecule has 31 heavy (non-hydrogen) atoms. The average molecular weight is 442 g/mol. The number of nitrogens with zero attached hydrogens (tertiary/aromatic N) is 2. The SMILES string of the molecule is CCN(CC)S(=O)(=O)c1cccc(NC(=O)COC(=O)c2ccc3ccccc3n2)c1. The summed E-state index contributed by atoms with van der Waals surface area (Å²) in [5.74, 6) is -1.31. The van der Waals surface area contributed by atoms with E-state index in [0.717, 1.165) is 5.39 Å². The summed E-state index contributed by atoms with van der Waals surface area (Å²) < 4.78 is 31.6. The molecule has 0 aliphatic carbocycles. The Kier molecular flexibility index (Phi) is 6.98. The Hall–Kier alpha value is -3.30. The van der Waals surface area contributed by atoms with Gasteiger partial charge in [-0.2, -0.15) is 4.31 Å². The number of nitrogens with one attached hydrogen (secondary N) is 1. The molecule has 0 unspecified atom stereocenters. The molecule has 3 rings (SSSR count). The fraction of sp³-hybridized carbons (Fsp3) is 0.227. The maximum atomic E-state index is 12.6. The van der Waals surface area contributed by atoms with Gasteiger partial charge in [0.2, 0.25) is 10.0 Å². The number of esters is 1. The lowest BCUT2D eigenvalue weighted by atomic mass is 10.2. The van der Waals surface area contributed by atoms with E-state index in [-0.39, 0.29) is 16.3 Å². The molecule has 0 atom stereocenters. The van der Waals surface area contributed by atoms with Gasteiger partial charge in [0, 0.05) is 24.2 Å². The van der Waals surface area contributed by atoms with Crippen LogP contribution in [0.15, 0.2) is 65.6 Å². The van der Waals surface area contributed by atoms with Crippen LogP contribution in [0.2, 0.25) is 0 Å². The Morgan fingerprint density at radius 1 is 1.00 bits per heavy atom. The van der Waals surface area contributed by atoms with E-state index in [1.807, 2.05) is 18.2 Å². The number of aromatic nitrogens is 1. The molecular formula is C22H23N3O5S. The number of rotatable bonds is 8. The minimum Gasteiger partial charge on any atom is -0.451 e. The first-order valence-electron chi connectivity index (χ1n) is 9.78. The normalized spacial score (nSPS) is 11.5. The van der Waals surface area contributed by atoms with Gasteiger partial charge in [-0.15, -0.1) is 0 Å².